The molecule has 0 spiro atoms. The number of hydrogen-bond donors (Lipinski definition) is 1. The number of ether oxygens (including phenoxy) is 1. The lowest BCUT2D eigenvalue weighted by Gasteiger charge is -2.09. The van der Waals surface area contributed by atoms with Crippen molar-refractivity contribution in [2.75, 3.05) is 11.8 Å². The fourth-order valence-corrected chi connectivity index (χ4v) is 3.01. The van der Waals surface area contributed by atoms with Crippen LogP contribution in [-0.2, 0) is 21.8 Å². The number of esters is 1. The summed E-state index contributed by atoms with van der Waals surface area (Å²) in [6.45, 7) is 3.75. The summed E-state index contributed by atoms with van der Waals surface area (Å²) in [5.74, 6) is -0.453. The van der Waals surface area contributed by atoms with Gasteiger partial charge in [0.25, 0.3) is 10.0 Å². The van der Waals surface area contributed by atoms with Gasteiger partial charge in [-0.1, -0.05) is 6.07 Å². The van der Waals surface area contributed by atoms with Crippen LogP contribution in [0.2, 0.25) is 0 Å². The van der Waals surface area contributed by atoms with Crippen molar-refractivity contribution in [2.24, 2.45) is 7.05 Å². The molecule has 1 heterocycles. The fraction of sp³-hybridized carbons (Fsp3) is 0.286. The van der Waals surface area contributed by atoms with Gasteiger partial charge < -0.3 is 4.74 Å². The summed E-state index contributed by atoms with van der Waals surface area (Å²) in [7, 11) is -0.993. The largest absolute Gasteiger partial charge is 0.464 e. The molecule has 7 nitrogen and oxygen atoms in total. The van der Waals surface area contributed by atoms with Crippen molar-refractivity contribution < 1.29 is 17.9 Å². The zero-order valence-corrected chi connectivity index (χ0v) is 13.6. The number of benzene rings is 1. The number of hydrogen-bond acceptors (Lipinski definition) is 5. The molecule has 1 N–H and O–H groups in total. The Balaban J connectivity index is 2.34. The average Bonchev–Trinajstić information content (AvgIpc) is 2.81. The van der Waals surface area contributed by atoms with E-state index in [2.05, 4.69) is 14.6 Å². The first kappa shape index (κ1) is 16.0. The second-order valence-electron chi connectivity index (χ2n) is 4.88. The van der Waals surface area contributed by atoms with Crippen LogP contribution >= 0.6 is 0 Å². The molecule has 0 amide bonds. The maximum Gasteiger partial charge on any atom is 0.358 e. The number of anilines is 1. The van der Waals surface area contributed by atoms with Gasteiger partial charge in [-0.05, 0) is 37.1 Å². The smallest absolute Gasteiger partial charge is 0.358 e. The van der Waals surface area contributed by atoms with Crippen LogP contribution in [-0.4, -0.2) is 31.3 Å². The molecule has 118 valence electrons. The van der Waals surface area contributed by atoms with Gasteiger partial charge in [0, 0.05) is 13.1 Å². The molecule has 0 bridgehead atoms. The van der Waals surface area contributed by atoms with E-state index >= 15 is 0 Å². The van der Waals surface area contributed by atoms with Crippen LogP contribution in [0.15, 0.2) is 29.2 Å². The molecular weight excluding hydrogens is 306 g/mol. The molecule has 1 aromatic carbocycles. The highest BCUT2D eigenvalue weighted by Crippen LogP contribution is 2.19. The minimum absolute atomic E-state index is 0.0304. The average molecular weight is 323 g/mol. The number of nitrogens with zero attached hydrogens (tertiary/aromatic N) is 2. The summed E-state index contributed by atoms with van der Waals surface area (Å²) in [4.78, 5) is 11.6. The van der Waals surface area contributed by atoms with Crippen molar-refractivity contribution in [3.63, 3.8) is 0 Å². The van der Waals surface area contributed by atoms with Crippen molar-refractivity contribution in [2.45, 2.75) is 18.7 Å². The lowest BCUT2D eigenvalue weighted by atomic mass is 10.1. The van der Waals surface area contributed by atoms with E-state index in [1.165, 1.54) is 31.0 Å². The van der Waals surface area contributed by atoms with Gasteiger partial charge in [0.2, 0.25) is 0 Å². The minimum Gasteiger partial charge on any atom is -0.464 e. The highest BCUT2D eigenvalue weighted by molar-refractivity contribution is 7.92. The van der Waals surface area contributed by atoms with Crippen molar-refractivity contribution in [3.05, 3.63) is 41.1 Å². The molecule has 0 aliphatic heterocycles. The van der Waals surface area contributed by atoms with Crippen molar-refractivity contribution in [3.8, 4) is 0 Å². The first-order valence-corrected chi connectivity index (χ1v) is 7.95. The molecule has 8 heteroatoms. The lowest BCUT2D eigenvalue weighted by Crippen LogP contribution is -2.15. The third-order valence-electron chi connectivity index (χ3n) is 3.30. The van der Waals surface area contributed by atoms with Gasteiger partial charge in [0.1, 0.15) is 5.82 Å². The number of aromatic nitrogens is 2. The number of aryl methyl sites for hydroxylation is 3. The molecule has 0 atom stereocenters. The van der Waals surface area contributed by atoms with Gasteiger partial charge in [-0.25, -0.2) is 13.2 Å². The quantitative estimate of drug-likeness (QED) is 0.864. The second kappa shape index (κ2) is 5.80. The van der Waals surface area contributed by atoms with Gasteiger partial charge in [-0.3, -0.25) is 9.40 Å². The Bertz CT molecular complexity index is 825. The van der Waals surface area contributed by atoms with Crippen molar-refractivity contribution >= 4 is 21.8 Å². The lowest BCUT2D eigenvalue weighted by molar-refractivity contribution is 0.0593. The summed E-state index contributed by atoms with van der Waals surface area (Å²) < 4.78 is 33.0. The molecular formula is C14H17N3O4S. The van der Waals surface area contributed by atoms with Crippen LogP contribution in [0, 0.1) is 13.8 Å². The molecule has 0 saturated carbocycles. The Hall–Kier alpha value is -2.35. The minimum atomic E-state index is -3.76. The third kappa shape index (κ3) is 3.11. The molecule has 0 unspecified atom stereocenters. The topological polar surface area (TPSA) is 90.3 Å². The zero-order valence-electron chi connectivity index (χ0n) is 12.7. The Labute approximate surface area is 129 Å². The Morgan fingerprint density at radius 2 is 1.91 bits per heavy atom. The fourth-order valence-electron chi connectivity index (χ4n) is 1.84. The maximum atomic E-state index is 12.4. The van der Waals surface area contributed by atoms with E-state index in [-0.39, 0.29) is 16.4 Å². The standard InChI is InChI=1S/C14H17N3O4S/c1-9-5-6-11(7-10(9)2)22(19,20)16-13-8-12(14(18)21-4)15-17(13)3/h5-8,16H,1-4H3. The summed E-state index contributed by atoms with van der Waals surface area (Å²) in [5, 5.41) is 3.91. The Morgan fingerprint density at radius 3 is 2.50 bits per heavy atom. The summed E-state index contributed by atoms with van der Waals surface area (Å²) in [6, 6.07) is 6.19. The molecule has 0 radical (unpaired) electrons. The third-order valence-corrected chi connectivity index (χ3v) is 4.65. The van der Waals surface area contributed by atoms with E-state index in [9.17, 15) is 13.2 Å². The van der Waals surface area contributed by atoms with Crippen molar-refractivity contribution in [1.29, 1.82) is 0 Å². The van der Waals surface area contributed by atoms with E-state index in [0.717, 1.165) is 11.1 Å². The van der Waals surface area contributed by atoms with E-state index in [0.29, 0.717) is 0 Å². The molecule has 0 aliphatic rings. The molecule has 0 fully saturated rings. The first-order chi connectivity index (χ1) is 10.2. The second-order valence-corrected chi connectivity index (χ2v) is 6.56. The monoisotopic (exact) mass is 323 g/mol. The van der Waals surface area contributed by atoms with Crippen LogP contribution < -0.4 is 4.72 Å². The molecule has 2 rings (SSSR count). The van der Waals surface area contributed by atoms with Gasteiger partial charge in [-0.2, -0.15) is 5.10 Å². The Morgan fingerprint density at radius 1 is 1.23 bits per heavy atom. The SMILES string of the molecule is COC(=O)c1cc(NS(=O)(=O)c2ccc(C)c(C)c2)n(C)n1. The highest BCUT2D eigenvalue weighted by Gasteiger charge is 2.19. The van der Waals surface area contributed by atoms with Gasteiger partial charge >= 0.3 is 5.97 Å². The van der Waals surface area contributed by atoms with Crippen LogP contribution in [0.4, 0.5) is 5.82 Å². The summed E-state index contributed by atoms with van der Waals surface area (Å²) in [6.07, 6.45) is 0. The number of sulfonamides is 1. The number of carbonyl (C=O) groups is 1. The number of nitrogens with one attached hydrogen (secondary N) is 1. The van der Waals surface area contributed by atoms with Crippen LogP contribution in [0.3, 0.4) is 0 Å². The van der Waals surface area contributed by atoms with Gasteiger partial charge in [-0.15, -0.1) is 0 Å². The number of rotatable bonds is 4. The Kier molecular flexibility index (Phi) is 4.23. The van der Waals surface area contributed by atoms with E-state index < -0.39 is 16.0 Å². The molecule has 2 aromatic rings. The van der Waals surface area contributed by atoms with E-state index in [4.69, 9.17) is 0 Å². The van der Waals surface area contributed by atoms with Crippen LogP contribution in [0.25, 0.3) is 0 Å². The number of methoxy groups -OCH3 is 1. The van der Waals surface area contributed by atoms with Crippen LogP contribution in [0.5, 0.6) is 0 Å². The van der Waals surface area contributed by atoms with Gasteiger partial charge in [0.05, 0.1) is 12.0 Å². The molecule has 0 aliphatic carbocycles. The molecule has 1 aromatic heterocycles. The van der Waals surface area contributed by atoms with Crippen LogP contribution in [0.1, 0.15) is 21.6 Å². The zero-order chi connectivity index (χ0) is 16.5. The highest BCUT2D eigenvalue weighted by atomic mass is 32.2. The van der Waals surface area contributed by atoms with Gasteiger partial charge in [0.15, 0.2) is 5.69 Å². The number of carbonyl (C=O) groups excluding carboxylic acids is 1. The normalized spacial score (nSPS) is 11.3. The molecule has 22 heavy (non-hydrogen) atoms. The van der Waals surface area contributed by atoms with Crippen molar-refractivity contribution in [1.82, 2.24) is 9.78 Å². The molecule has 0 saturated heterocycles. The predicted molar refractivity (Wildman–Crippen MR) is 81.3 cm³/mol. The summed E-state index contributed by atoms with van der Waals surface area (Å²) in [5.41, 5.74) is 1.92. The summed E-state index contributed by atoms with van der Waals surface area (Å²) >= 11 is 0. The predicted octanol–water partition coefficient (Wildman–Crippen LogP) is 1.62. The van der Waals surface area contributed by atoms with E-state index in [1.807, 2.05) is 13.8 Å². The first-order valence-electron chi connectivity index (χ1n) is 6.47. The van der Waals surface area contributed by atoms with E-state index in [1.54, 1.807) is 12.1 Å². The maximum absolute atomic E-state index is 12.4.